The van der Waals surface area contributed by atoms with Gasteiger partial charge in [0, 0.05) is 61.3 Å². The van der Waals surface area contributed by atoms with Crippen molar-refractivity contribution in [3.63, 3.8) is 0 Å². The highest BCUT2D eigenvalue weighted by molar-refractivity contribution is 7.13. The Labute approximate surface area is 193 Å². The minimum Gasteiger partial charge on any atom is -0.336 e. The van der Waals surface area contributed by atoms with Crippen LogP contribution in [-0.4, -0.2) is 57.6 Å². The fourth-order valence-electron chi connectivity index (χ4n) is 4.35. The standard InChI is InChI=1S/C24H23FN4O3S/c25-16-6-4-15(5-7-16)23-26-17(14-33-23)13-28-8-10-29(11-9-28)24(32)19-12-18-20(27-22(19)31)2-1-3-21(18)30/h4-7,12,14H,1-3,8-11,13H2,(H,27,31). The van der Waals surface area contributed by atoms with Crippen LogP contribution in [0.5, 0.6) is 0 Å². The van der Waals surface area contributed by atoms with Crippen molar-refractivity contribution in [3.8, 4) is 10.6 Å². The van der Waals surface area contributed by atoms with E-state index in [0.29, 0.717) is 56.8 Å². The second-order valence-corrected chi connectivity index (χ2v) is 9.26. The molecule has 2 aromatic heterocycles. The summed E-state index contributed by atoms with van der Waals surface area (Å²) in [4.78, 5) is 49.0. The van der Waals surface area contributed by atoms with E-state index in [1.165, 1.54) is 29.5 Å². The smallest absolute Gasteiger partial charge is 0.261 e. The number of halogens is 1. The zero-order chi connectivity index (χ0) is 22.9. The third-order valence-electron chi connectivity index (χ3n) is 6.17. The molecule has 0 bridgehead atoms. The first-order valence-corrected chi connectivity index (χ1v) is 11.9. The number of ketones is 1. The van der Waals surface area contributed by atoms with Gasteiger partial charge in [-0.05, 0) is 43.2 Å². The number of nitrogens with one attached hydrogen (secondary N) is 1. The number of nitrogens with zero attached hydrogens (tertiary/aromatic N) is 3. The van der Waals surface area contributed by atoms with Crippen LogP contribution < -0.4 is 5.56 Å². The summed E-state index contributed by atoms with van der Waals surface area (Å²) in [5.41, 5.74) is 2.55. The van der Waals surface area contributed by atoms with Gasteiger partial charge in [-0.1, -0.05) is 0 Å². The van der Waals surface area contributed by atoms with Crippen molar-refractivity contribution in [1.82, 2.24) is 19.8 Å². The maximum atomic E-state index is 13.1. The largest absolute Gasteiger partial charge is 0.336 e. The molecule has 1 aromatic carbocycles. The molecule has 1 amide bonds. The molecule has 9 heteroatoms. The van der Waals surface area contributed by atoms with Crippen LogP contribution >= 0.6 is 11.3 Å². The Balaban J connectivity index is 1.21. The number of fused-ring (bicyclic) bond motifs is 1. The average Bonchev–Trinajstić information content (AvgIpc) is 3.28. The Morgan fingerprint density at radius 3 is 2.61 bits per heavy atom. The van der Waals surface area contributed by atoms with Crippen molar-refractivity contribution >= 4 is 23.0 Å². The van der Waals surface area contributed by atoms with Crippen LogP contribution in [0.2, 0.25) is 0 Å². The Kier molecular flexibility index (Phi) is 5.90. The minimum absolute atomic E-state index is 0.0189. The summed E-state index contributed by atoms with van der Waals surface area (Å²) in [5, 5.41) is 2.85. The van der Waals surface area contributed by atoms with Crippen molar-refractivity contribution in [1.29, 1.82) is 0 Å². The molecule has 2 aliphatic rings. The topological polar surface area (TPSA) is 86.4 Å². The predicted octanol–water partition coefficient (Wildman–Crippen LogP) is 3.11. The van der Waals surface area contributed by atoms with Crippen molar-refractivity contribution in [2.45, 2.75) is 25.8 Å². The van der Waals surface area contributed by atoms with E-state index in [4.69, 9.17) is 0 Å². The number of Topliss-reactive ketones (excluding diaryl/α,β-unsaturated/α-hetero) is 1. The highest BCUT2D eigenvalue weighted by Crippen LogP contribution is 2.25. The summed E-state index contributed by atoms with van der Waals surface area (Å²) in [6, 6.07) is 7.78. The zero-order valence-corrected chi connectivity index (χ0v) is 18.8. The molecule has 0 spiro atoms. The van der Waals surface area contributed by atoms with Gasteiger partial charge in [0.2, 0.25) is 0 Å². The molecule has 0 atom stereocenters. The molecule has 0 saturated carbocycles. The number of aromatic nitrogens is 2. The van der Waals surface area contributed by atoms with Gasteiger partial charge in [-0.25, -0.2) is 9.37 Å². The van der Waals surface area contributed by atoms with Gasteiger partial charge in [-0.3, -0.25) is 19.3 Å². The van der Waals surface area contributed by atoms with Crippen LogP contribution in [0, 0.1) is 5.82 Å². The van der Waals surface area contributed by atoms with Gasteiger partial charge in [0.05, 0.1) is 5.69 Å². The Morgan fingerprint density at radius 2 is 1.85 bits per heavy atom. The first-order chi connectivity index (χ1) is 16.0. The van der Waals surface area contributed by atoms with Crippen LogP contribution in [0.4, 0.5) is 4.39 Å². The molecule has 1 N–H and O–H groups in total. The number of piperazine rings is 1. The van der Waals surface area contributed by atoms with E-state index in [1.807, 2.05) is 5.38 Å². The molecule has 1 aliphatic carbocycles. The molecule has 1 saturated heterocycles. The molecular weight excluding hydrogens is 443 g/mol. The van der Waals surface area contributed by atoms with Gasteiger partial charge in [-0.2, -0.15) is 0 Å². The molecule has 5 rings (SSSR count). The molecule has 0 unspecified atom stereocenters. The first kappa shape index (κ1) is 21.7. The van der Waals surface area contributed by atoms with Gasteiger partial charge in [-0.15, -0.1) is 11.3 Å². The fraction of sp³-hybridized carbons (Fsp3) is 0.333. The molecule has 0 radical (unpaired) electrons. The molecule has 7 nitrogen and oxygen atoms in total. The number of aromatic amines is 1. The second kappa shape index (κ2) is 8.99. The Morgan fingerprint density at radius 1 is 1.09 bits per heavy atom. The molecule has 1 fully saturated rings. The summed E-state index contributed by atoms with van der Waals surface area (Å²) in [6.07, 6.45) is 1.83. The predicted molar refractivity (Wildman–Crippen MR) is 123 cm³/mol. The number of amides is 1. The summed E-state index contributed by atoms with van der Waals surface area (Å²) >= 11 is 1.52. The number of benzene rings is 1. The summed E-state index contributed by atoms with van der Waals surface area (Å²) in [6.45, 7) is 2.98. The fourth-order valence-corrected chi connectivity index (χ4v) is 5.16. The number of rotatable bonds is 4. The van der Waals surface area contributed by atoms with E-state index < -0.39 is 5.56 Å². The molecule has 3 heterocycles. The lowest BCUT2D eigenvalue weighted by molar-refractivity contribution is 0.0625. The Bertz CT molecular complexity index is 1260. The summed E-state index contributed by atoms with van der Waals surface area (Å²) in [7, 11) is 0. The van der Waals surface area contributed by atoms with E-state index in [2.05, 4.69) is 14.9 Å². The van der Waals surface area contributed by atoms with E-state index in [9.17, 15) is 18.8 Å². The van der Waals surface area contributed by atoms with Crippen LogP contribution in [0.3, 0.4) is 0 Å². The van der Waals surface area contributed by atoms with E-state index >= 15 is 0 Å². The number of carbonyl (C=O) groups is 2. The van der Waals surface area contributed by atoms with Crippen LogP contribution in [-0.2, 0) is 13.0 Å². The van der Waals surface area contributed by atoms with Crippen molar-refractivity contribution in [2.75, 3.05) is 26.2 Å². The number of hydrogen-bond donors (Lipinski definition) is 1. The molecule has 1 aliphatic heterocycles. The SMILES string of the molecule is O=C1CCCc2[nH]c(=O)c(C(=O)N3CCN(Cc4csc(-c5ccc(F)cc5)n4)CC3)cc21. The summed E-state index contributed by atoms with van der Waals surface area (Å²) in [5.74, 6) is -0.620. The van der Waals surface area contributed by atoms with Crippen LogP contribution in [0.25, 0.3) is 10.6 Å². The minimum atomic E-state index is -0.424. The second-order valence-electron chi connectivity index (χ2n) is 8.40. The average molecular weight is 467 g/mol. The maximum absolute atomic E-state index is 13.1. The summed E-state index contributed by atoms with van der Waals surface area (Å²) < 4.78 is 13.1. The number of hydrogen-bond acceptors (Lipinski definition) is 6. The number of carbonyl (C=O) groups excluding carboxylic acids is 2. The molecular formula is C24H23FN4O3S. The quantitative estimate of drug-likeness (QED) is 0.639. The monoisotopic (exact) mass is 466 g/mol. The number of aryl methyl sites for hydroxylation is 1. The number of thiazole rings is 1. The molecule has 170 valence electrons. The third-order valence-corrected chi connectivity index (χ3v) is 7.11. The van der Waals surface area contributed by atoms with Gasteiger partial charge in [0.1, 0.15) is 16.4 Å². The van der Waals surface area contributed by atoms with Crippen LogP contribution in [0.15, 0.2) is 40.5 Å². The highest BCUT2D eigenvalue weighted by atomic mass is 32.1. The van der Waals surface area contributed by atoms with Crippen LogP contribution in [0.1, 0.15) is 44.9 Å². The van der Waals surface area contributed by atoms with Gasteiger partial charge in [0.25, 0.3) is 11.5 Å². The van der Waals surface area contributed by atoms with E-state index in [1.54, 1.807) is 17.0 Å². The van der Waals surface area contributed by atoms with E-state index in [0.717, 1.165) is 22.7 Å². The van der Waals surface area contributed by atoms with Gasteiger partial charge < -0.3 is 9.88 Å². The third kappa shape index (κ3) is 4.51. The lowest BCUT2D eigenvalue weighted by Gasteiger charge is -2.34. The number of H-pyrrole nitrogens is 1. The van der Waals surface area contributed by atoms with Crippen molar-refractivity contribution in [2.24, 2.45) is 0 Å². The van der Waals surface area contributed by atoms with E-state index in [-0.39, 0.29) is 23.1 Å². The van der Waals surface area contributed by atoms with Crippen molar-refractivity contribution < 1.29 is 14.0 Å². The highest BCUT2D eigenvalue weighted by Gasteiger charge is 2.27. The zero-order valence-electron chi connectivity index (χ0n) is 18.0. The van der Waals surface area contributed by atoms with Crippen molar-refractivity contribution in [3.05, 3.63) is 74.4 Å². The Hall–Kier alpha value is -3.17. The molecule has 33 heavy (non-hydrogen) atoms. The maximum Gasteiger partial charge on any atom is 0.261 e. The normalized spacial score (nSPS) is 16.6. The first-order valence-electron chi connectivity index (χ1n) is 11.0. The lowest BCUT2D eigenvalue weighted by Crippen LogP contribution is -2.49. The number of pyridine rings is 1. The molecule has 3 aromatic rings. The van der Waals surface area contributed by atoms with Gasteiger partial charge in [0.15, 0.2) is 5.78 Å². The van der Waals surface area contributed by atoms with Gasteiger partial charge >= 0.3 is 0 Å². The lowest BCUT2D eigenvalue weighted by atomic mass is 9.93.